The van der Waals surface area contributed by atoms with Crippen molar-refractivity contribution in [2.75, 3.05) is 13.1 Å². The zero-order valence-electron chi connectivity index (χ0n) is 15.6. The highest BCUT2D eigenvalue weighted by Gasteiger charge is 2.39. The molecule has 0 saturated carbocycles. The summed E-state index contributed by atoms with van der Waals surface area (Å²) >= 11 is 0. The normalized spacial score (nSPS) is 18.0. The van der Waals surface area contributed by atoms with Gasteiger partial charge in [-0.3, -0.25) is 14.6 Å². The van der Waals surface area contributed by atoms with Crippen molar-refractivity contribution >= 4 is 28.9 Å². The van der Waals surface area contributed by atoms with Crippen LogP contribution in [0.5, 0.6) is 0 Å². The van der Waals surface area contributed by atoms with Crippen LogP contribution in [0.1, 0.15) is 44.1 Å². The first-order valence-electron chi connectivity index (χ1n) is 9.08. The van der Waals surface area contributed by atoms with Crippen molar-refractivity contribution in [3.63, 3.8) is 0 Å². The maximum absolute atomic E-state index is 11.9. The number of pyridine rings is 1. The lowest BCUT2D eigenvalue weighted by Gasteiger charge is -2.36. The van der Waals surface area contributed by atoms with Crippen LogP contribution in [0, 0.1) is 5.41 Å². The predicted molar refractivity (Wildman–Crippen MR) is 103 cm³/mol. The van der Waals surface area contributed by atoms with Crippen LogP contribution in [0.25, 0.3) is 17.0 Å². The van der Waals surface area contributed by atoms with Crippen molar-refractivity contribution in [3.8, 4) is 0 Å². The molecular weight excluding hydrogens is 344 g/mol. The average Bonchev–Trinajstić information content (AvgIpc) is 2.65. The number of carbonyl (C=O) groups excluding carboxylic acids is 1. The molecule has 1 fully saturated rings. The number of rotatable bonds is 4. The van der Waals surface area contributed by atoms with Crippen molar-refractivity contribution in [1.29, 1.82) is 0 Å². The molecule has 6 heteroatoms. The van der Waals surface area contributed by atoms with Crippen molar-refractivity contribution in [2.45, 2.75) is 32.8 Å². The van der Waals surface area contributed by atoms with Gasteiger partial charge < -0.3 is 15.1 Å². The molecule has 2 heterocycles. The number of likely N-dealkylation sites (tertiary alicyclic amines) is 1. The van der Waals surface area contributed by atoms with Crippen LogP contribution in [-0.4, -0.2) is 45.1 Å². The molecule has 0 radical (unpaired) electrons. The van der Waals surface area contributed by atoms with E-state index in [4.69, 9.17) is 0 Å². The van der Waals surface area contributed by atoms with Crippen LogP contribution in [-0.2, 0) is 9.59 Å². The summed E-state index contributed by atoms with van der Waals surface area (Å²) in [7, 11) is 0. The Labute approximate surface area is 158 Å². The predicted octanol–water partition coefficient (Wildman–Crippen LogP) is 3.01. The minimum atomic E-state index is -0.963. The number of fused-ring (bicyclic) bond motifs is 1. The monoisotopic (exact) mass is 368 g/mol. The van der Waals surface area contributed by atoms with Gasteiger partial charge in [0.1, 0.15) is 0 Å². The molecule has 2 aromatic rings. The molecule has 0 aliphatic carbocycles. The van der Waals surface area contributed by atoms with Crippen LogP contribution in [0.15, 0.2) is 36.4 Å². The quantitative estimate of drug-likeness (QED) is 0.866. The van der Waals surface area contributed by atoms with E-state index in [-0.39, 0.29) is 5.91 Å². The van der Waals surface area contributed by atoms with Gasteiger partial charge in [-0.25, -0.2) is 0 Å². The van der Waals surface area contributed by atoms with Gasteiger partial charge in [-0.1, -0.05) is 30.4 Å². The summed E-state index contributed by atoms with van der Waals surface area (Å²) in [6.45, 7) is 4.07. The molecule has 1 aromatic heterocycles. The average molecular weight is 368 g/mol. The molecule has 1 aromatic carbocycles. The fourth-order valence-corrected chi connectivity index (χ4v) is 3.41. The number of nitrogens with zero attached hydrogens (tertiary/aromatic N) is 2. The third-order valence-corrected chi connectivity index (χ3v) is 5.29. The molecular formula is C21H24N2O4. The largest absolute Gasteiger partial charge is 0.481 e. The van der Waals surface area contributed by atoms with Gasteiger partial charge in [-0.05, 0) is 37.5 Å². The van der Waals surface area contributed by atoms with Gasteiger partial charge in [0.05, 0.1) is 22.7 Å². The number of aromatic nitrogens is 1. The molecule has 0 unspecified atom stereocenters. The Morgan fingerprint density at radius 1 is 1.22 bits per heavy atom. The Morgan fingerprint density at radius 3 is 2.48 bits per heavy atom. The van der Waals surface area contributed by atoms with E-state index in [2.05, 4.69) is 4.98 Å². The number of hydrogen-bond acceptors (Lipinski definition) is 4. The lowest BCUT2D eigenvalue weighted by molar-refractivity contribution is -0.150. The molecule has 3 rings (SSSR count). The van der Waals surface area contributed by atoms with Gasteiger partial charge >= 0.3 is 5.97 Å². The molecule has 2 N–H and O–H groups in total. The van der Waals surface area contributed by atoms with Crippen LogP contribution in [0.4, 0.5) is 0 Å². The summed E-state index contributed by atoms with van der Waals surface area (Å²) in [5.74, 6) is -0.884. The van der Waals surface area contributed by atoms with Gasteiger partial charge in [0.15, 0.2) is 0 Å². The molecule has 1 saturated heterocycles. The van der Waals surface area contributed by atoms with E-state index in [1.54, 1.807) is 24.0 Å². The van der Waals surface area contributed by atoms with Crippen LogP contribution in [0.2, 0.25) is 0 Å². The number of carboxylic acid groups (broad SMARTS) is 1. The Kier molecular flexibility index (Phi) is 5.28. The van der Waals surface area contributed by atoms with E-state index in [1.807, 2.05) is 30.3 Å². The van der Waals surface area contributed by atoms with Gasteiger partial charge in [0.2, 0.25) is 5.91 Å². The van der Waals surface area contributed by atoms with Crippen molar-refractivity contribution in [3.05, 3.63) is 47.7 Å². The summed E-state index contributed by atoms with van der Waals surface area (Å²) in [6, 6.07) is 9.44. The fourth-order valence-electron chi connectivity index (χ4n) is 3.41. The van der Waals surface area contributed by atoms with E-state index in [1.165, 1.54) is 6.92 Å². The van der Waals surface area contributed by atoms with Crippen molar-refractivity contribution in [2.24, 2.45) is 5.41 Å². The number of hydrogen-bond donors (Lipinski definition) is 2. The second-order valence-electron chi connectivity index (χ2n) is 7.16. The highest BCUT2D eigenvalue weighted by molar-refractivity contribution is 5.83. The van der Waals surface area contributed by atoms with Crippen LogP contribution in [0.3, 0.4) is 0 Å². The van der Waals surface area contributed by atoms with Crippen molar-refractivity contribution in [1.82, 2.24) is 9.88 Å². The number of carboxylic acids is 1. The Bertz CT molecular complexity index is 896. The summed E-state index contributed by atoms with van der Waals surface area (Å²) in [6.07, 6.45) is 3.71. The minimum Gasteiger partial charge on any atom is -0.481 e. The SMILES string of the molecule is CC(=O)N1CCC(C=Cc2ccc3ccc([C@@H](C)O)nc3c2)(C(=O)O)CC1. The third kappa shape index (κ3) is 4.01. The molecule has 0 bridgehead atoms. The minimum absolute atomic E-state index is 0.0208. The summed E-state index contributed by atoms with van der Waals surface area (Å²) < 4.78 is 0. The zero-order chi connectivity index (χ0) is 19.6. The number of piperidine rings is 1. The maximum atomic E-state index is 11.9. The first-order valence-corrected chi connectivity index (χ1v) is 9.08. The standard InChI is InChI=1S/C21H24N2O4/c1-14(24)18-6-5-17-4-3-16(13-19(17)22-18)7-8-21(20(26)27)9-11-23(12-10-21)15(2)25/h3-8,13-14,24H,9-12H2,1-2H3,(H,26,27)/t14-/m1/s1. The Morgan fingerprint density at radius 2 is 1.89 bits per heavy atom. The van der Waals surface area contributed by atoms with Gasteiger partial charge in [0.25, 0.3) is 0 Å². The van der Waals surface area contributed by atoms with Crippen molar-refractivity contribution < 1.29 is 19.8 Å². The second kappa shape index (κ2) is 7.48. The number of aliphatic hydroxyl groups excluding tert-OH is 1. The third-order valence-electron chi connectivity index (χ3n) is 5.29. The number of benzene rings is 1. The van der Waals surface area contributed by atoms with E-state index >= 15 is 0 Å². The first kappa shape index (κ1) is 19.0. The number of amides is 1. The summed E-state index contributed by atoms with van der Waals surface area (Å²) in [4.78, 5) is 29.6. The van der Waals surface area contributed by atoms with Gasteiger partial charge in [-0.15, -0.1) is 0 Å². The Hall–Kier alpha value is -2.73. The highest BCUT2D eigenvalue weighted by Crippen LogP contribution is 2.34. The smallest absolute Gasteiger partial charge is 0.313 e. The van der Waals surface area contributed by atoms with Gasteiger partial charge in [-0.2, -0.15) is 0 Å². The molecule has 1 amide bonds. The molecule has 142 valence electrons. The molecule has 1 aliphatic heterocycles. The molecule has 1 aliphatic rings. The lowest BCUT2D eigenvalue weighted by Crippen LogP contribution is -2.45. The zero-order valence-corrected chi connectivity index (χ0v) is 15.6. The fraction of sp³-hybridized carbons (Fsp3) is 0.381. The summed E-state index contributed by atoms with van der Waals surface area (Å²) in [5.41, 5.74) is 1.25. The number of aliphatic hydroxyl groups is 1. The van der Waals surface area contributed by atoms with E-state index in [0.717, 1.165) is 16.5 Å². The molecule has 6 nitrogen and oxygen atoms in total. The lowest BCUT2D eigenvalue weighted by atomic mass is 9.77. The van der Waals surface area contributed by atoms with E-state index in [0.29, 0.717) is 31.6 Å². The molecule has 0 spiro atoms. The molecule has 27 heavy (non-hydrogen) atoms. The molecule has 1 atom stereocenters. The maximum Gasteiger partial charge on any atom is 0.313 e. The van der Waals surface area contributed by atoms with Crippen LogP contribution < -0.4 is 0 Å². The van der Waals surface area contributed by atoms with E-state index < -0.39 is 17.5 Å². The highest BCUT2D eigenvalue weighted by atomic mass is 16.4. The topological polar surface area (TPSA) is 90.7 Å². The summed E-state index contributed by atoms with van der Waals surface area (Å²) in [5, 5.41) is 20.4. The van der Waals surface area contributed by atoms with Gasteiger partial charge in [0, 0.05) is 25.4 Å². The number of aliphatic carboxylic acids is 1. The van der Waals surface area contributed by atoms with E-state index in [9.17, 15) is 19.8 Å². The second-order valence-corrected chi connectivity index (χ2v) is 7.16. The van der Waals surface area contributed by atoms with Crippen LogP contribution >= 0.6 is 0 Å². The number of carbonyl (C=O) groups is 2. The Balaban J connectivity index is 1.86. The first-order chi connectivity index (χ1) is 12.8.